The molecule has 1 aromatic rings. The Bertz CT molecular complexity index is 477. The number of diazo groups is 1. The Kier molecular flexibility index (Phi) is 2.84. The summed E-state index contributed by atoms with van der Waals surface area (Å²) < 4.78 is 32.5. The summed E-state index contributed by atoms with van der Waals surface area (Å²) in [6.07, 6.45) is 0. The van der Waals surface area contributed by atoms with Crippen molar-refractivity contribution in [3.8, 4) is 0 Å². The highest BCUT2D eigenvalue weighted by atomic mass is 127. The fourth-order valence-corrected chi connectivity index (χ4v) is 2.11. The number of benzene rings is 1. The van der Waals surface area contributed by atoms with E-state index in [-0.39, 0.29) is 5.69 Å². The van der Waals surface area contributed by atoms with E-state index in [1.807, 2.05) is 22.6 Å². The van der Waals surface area contributed by atoms with Gasteiger partial charge in [0.15, 0.2) is 9.87 Å². The van der Waals surface area contributed by atoms with Gasteiger partial charge in [-0.3, -0.25) is 0 Å². The minimum atomic E-state index is -4.58. The first-order chi connectivity index (χ1) is 5.95. The van der Waals surface area contributed by atoms with E-state index >= 15 is 0 Å². The summed E-state index contributed by atoms with van der Waals surface area (Å²) >= 11 is 1.85. The molecule has 68 valence electrons. The predicted molar refractivity (Wildman–Crippen MR) is 51.9 cm³/mol. The molecule has 0 saturated carbocycles. The lowest BCUT2D eigenvalue weighted by Gasteiger charge is -2.03. The Labute approximate surface area is 88.3 Å². The van der Waals surface area contributed by atoms with Crippen LogP contribution in [0.3, 0.4) is 0 Å². The van der Waals surface area contributed by atoms with E-state index < -0.39 is 15.0 Å². The van der Waals surface area contributed by atoms with Gasteiger partial charge in [-0.25, -0.2) is 8.42 Å². The van der Waals surface area contributed by atoms with Gasteiger partial charge in [-0.1, -0.05) is 0 Å². The van der Waals surface area contributed by atoms with E-state index in [9.17, 15) is 13.0 Å². The van der Waals surface area contributed by atoms with Gasteiger partial charge in [-0.2, -0.15) is 0 Å². The highest BCUT2D eigenvalue weighted by molar-refractivity contribution is 14.1. The Morgan fingerprint density at radius 2 is 2.08 bits per heavy atom. The third-order valence-corrected chi connectivity index (χ3v) is 2.84. The first kappa shape index (κ1) is 10.4. The summed E-state index contributed by atoms with van der Waals surface area (Å²) in [6, 6.07) is 3.94. The summed E-state index contributed by atoms with van der Waals surface area (Å²) in [4.78, 5) is 2.18. The number of hydrogen-bond acceptors (Lipinski definition) is 4. The number of rotatable bonds is 1. The summed E-state index contributed by atoms with van der Waals surface area (Å²) in [7, 11) is -4.58. The monoisotopic (exact) mass is 310 g/mol. The van der Waals surface area contributed by atoms with Crippen LogP contribution in [0.15, 0.2) is 23.1 Å². The maximum absolute atomic E-state index is 10.6. The number of halogens is 1. The van der Waals surface area contributed by atoms with Crippen molar-refractivity contribution in [1.29, 1.82) is 5.39 Å². The topological polar surface area (TPSA) is 85.3 Å². The predicted octanol–water partition coefficient (Wildman–Crippen LogP) is 1.68. The molecule has 13 heavy (non-hydrogen) atoms. The van der Waals surface area contributed by atoms with Crippen molar-refractivity contribution in [2.45, 2.75) is 4.90 Å². The molecule has 7 heteroatoms. The Balaban J connectivity index is 3.53. The molecule has 0 radical (unpaired) electrons. The molecule has 0 fully saturated rings. The van der Waals surface area contributed by atoms with Crippen molar-refractivity contribution >= 4 is 38.4 Å². The lowest BCUT2D eigenvalue weighted by molar-refractivity contribution is 0.463. The second-order valence-corrected chi connectivity index (χ2v) is 4.76. The zero-order valence-corrected chi connectivity index (χ0v) is 9.11. The summed E-state index contributed by atoms with van der Waals surface area (Å²) in [5, 5.41) is 8.39. The lowest BCUT2D eigenvalue weighted by atomic mass is 10.3. The van der Waals surface area contributed by atoms with E-state index in [2.05, 4.69) is 4.98 Å². The molecule has 0 aliphatic carbocycles. The SMILES string of the molecule is N#[N+]c1ccc(I)cc1S(=O)(=O)[O-]. The van der Waals surface area contributed by atoms with E-state index in [0.717, 1.165) is 6.07 Å². The van der Waals surface area contributed by atoms with Crippen molar-refractivity contribution in [3.05, 3.63) is 26.7 Å². The van der Waals surface area contributed by atoms with Crippen LogP contribution in [0.1, 0.15) is 0 Å². The zero-order valence-electron chi connectivity index (χ0n) is 6.14. The molecule has 0 aliphatic heterocycles. The van der Waals surface area contributed by atoms with Crippen LogP contribution < -0.4 is 0 Å². The second kappa shape index (κ2) is 3.57. The van der Waals surface area contributed by atoms with Crippen LogP contribution in [0, 0.1) is 8.96 Å². The molecule has 0 atom stereocenters. The normalized spacial score (nSPS) is 10.8. The van der Waals surface area contributed by atoms with E-state index in [1.165, 1.54) is 12.1 Å². The Hall–Kier alpha value is -0.720. The van der Waals surface area contributed by atoms with Gasteiger partial charge in [0.25, 0.3) is 0 Å². The first-order valence-corrected chi connectivity index (χ1v) is 5.54. The Morgan fingerprint density at radius 3 is 2.54 bits per heavy atom. The molecule has 1 aromatic carbocycles. The maximum Gasteiger partial charge on any atom is 0.402 e. The molecule has 0 aromatic heterocycles. The average molecular weight is 310 g/mol. The molecule has 0 bridgehead atoms. The van der Waals surface area contributed by atoms with Crippen LogP contribution in [0.25, 0.3) is 4.98 Å². The molecule has 5 nitrogen and oxygen atoms in total. The van der Waals surface area contributed by atoms with Crippen LogP contribution in [-0.2, 0) is 10.1 Å². The molecular formula is C6H3IN2O3S. The quantitative estimate of drug-likeness (QED) is 0.449. The largest absolute Gasteiger partial charge is 0.744 e. The second-order valence-electron chi connectivity index (χ2n) is 2.17. The highest BCUT2D eigenvalue weighted by Gasteiger charge is 2.18. The maximum atomic E-state index is 10.6. The third kappa shape index (κ3) is 2.36. The van der Waals surface area contributed by atoms with Crippen molar-refractivity contribution in [3.63, 3.8) is 0 Å². The minimum absolute atomic E-state index is 0.240. The molecule has 0 aliphatic rings. The fraction of sp³-hybridized carbons (Fsp3) is 0. The Morgan fingerprint density at radius 1 is 1.46 bits per heavy atom. The van der Waals surface area contributed by atoms with Gasteiger partial charge in [0.1, 0.15) is 10.1 Å². The van der Waals surface area contributed by atoms with Crippen LogP contribution >= 0.6 is 22.6 Å². The molecule has 0 amide bonds. The van der Waals surface area contributed by atoms with Gasteiger partial charge in [-0.05, 0) is 34.7 Å². The van der Waals surface area contributed by atoms with Gasteiger partial charge in [0, 0.05) is 9.64 Å². The molecular weight excluding hydrogens is 307 g/mol. The minimum Gasteiger partial charge on any atom is -0.744 e. The summed E-state index contributed by atoms with van der Waals surface area (Å²) in [5.41, 5.74) is -0.240. The molecule has 0 heterocycles. The van der Waals surface area contributed by atoms with Crippen LogP contribution in [0.5, 0.6) is 0 Å². The highest BCUT2D eigenvalue weighted by Crippen LogP contribution is 2.25. The van der Waals surface area contributed by atoms with Gasteiger partial charge in [0.05, 0.1) is 0 Å². The molecule has 0 unspecified atom stereocenters. The zero-order chi connectivity index (χ0) is 10.1. The van der Waals surface area contributed by atoms with Crippen molar-refractivity contribution < 1.29 is 13.0 Å². The van der Waals surface area contributed by atoms with E-state index in [4.69, 9.17) is 5.39 Å². The first-order valence-electron chi connectivity index (χ1n) is 3.05. The van der Waals surface area contributed by atoms with Crippen molar-refractivity contribution in [2.24, 2.45) is 0 Å². The van der Waals surface area contributed by atoms with Crippen LogP contribution in [-0.4, -0.2) is 13.0 Å². The van der Waals surface area contributed by atoms with Gasteiger partial charge < -0.3 is 4.55 Å². The smallest absolute Gasteiger partial charge is 0.402 e. The van der Waals surface area contributed by atoms with Crippen LogP contribution in [0.4, 0.5) is 5.69 Å². The molecule has 1 rings (SSSR count). The molecule has 0 saturated heterocycles. The van der Waals surface area contributed by atoms with Crippen LogP contribution in [0.2, 0.25) is 0 Å². The van der Waals surface area contributed by atoms with Crippen molar-refractivity contribution in [2.75, 3.05) is 0 Å². The van der Waals surface area contributed by atoms with E-state index in [0.29, 0.717) is 3.57 Å². The number of nitrogens with zero attached hydrogens (tertiary/aromatic N) is 2. The lowest BCUT2D eigenvalue weighted by Crippen LogP contribution is -1.98. The summed E-state index contributed by atoms with van der Waals surface area (Å²) in [6.45, 7) is 0. The average Bonchev–Trinajstić information content (AvgIpc) is 2.03. The van der Waals surface area contributed by atoms with Gasteiger partial charge in [-0.15, -0.1) is 0 Å². The van der Waals surface area contributed by atoms with Gasteiger partial charge in [0.2, 0.25) is 5.39 Å². The fourth-order valence-electron chi connectivity index (χ4n) is 0.771. The number of hydrogen-bond donors (Lipinski definition) is 0. The third-order valence-electron chi connectivity index (χ3n) is 1.30. The standard InChI is InChI=1S/C6H3IN2O3S/c7-4-1-2-5(9-8)6(3-4)13(10,11)12/h1-3H. The van der Waals surface area contributed by atoms with E-state index in [1.54, 1.807) is 0 Å². The molecule has 0 spiro atoms. The van der Waals surface area contributed by atoms with Gasteiger partial charge >= 0.3 is 5.69 Å². The summed E-state index contributed by atoms with van der Waals surface area (Å²) in [5.74, 6) is 0. The molecule has 0 N–H and O–H groups in total. The van der Waals surface area contributed by atoms with Crippen molar-refractivity contribution in [1.82, 2.24) is 0 Å².